The van der Waals surface area contributed by atoms with E-state index in [2.05, 4.69) is 33.0 Å². The van der Waals surface area contributed by atoms with Crippen molar-refractivity contribution in [1.29, 1.82) is 0 Å². The van der Waals surface area contributed by atoms with E-state index in [0.29, 0.717) is 0 Å². The summed E-state index contributed by atoms with van der Waals surface area (Å²) >= 11 is 0. The van der Waals surface area contributed by atoms with Gasteiger partial charge in [0.1, 0.15) is 0 Å². The summed E-state index contributed by atoms with van der Waals surface area (Å²) in [6.45, 7) is 9.99. The SMILES string of the molecule is CCCCCCCCNC(=O)C(CCCCCCCC)=C(CCCCCCCC)CCCCCCCC. The van der Waals surface area contributed by atoms with Gasteiger partial charge in [-0.25, -0.2) is 0 Å². The molecule has 0 aliphatic carbocycles. The Kier molecular flexibility index (Phi) is 29.1. The molecular weight excluding hydrogens is 450 g/mol. The molecule has 0 aliphatic rings. The fourth-order valence-corrected chi connectivity index (χ4v) is 5.41. The number of allylic oxidation sites excluding steroid dienone is 1. The summed E-state index contributed by atoms with van der Waals surface area (Å²) in [6.07, 6.45) is 34.7. The van der Waals surface area contributed by atoms with Gasteiger partial charge in [-0.3, -0.25) is 4.79 Å². The zero-order valence-corrected chi connectivity index (χ0v) is 26.2. The summed E-state index contributed by atoms with van der Waals surface area (Å²) < 4.78 is 0. The van der Waals surface area contributed by atoms with Crippen molar-refractivity contribution in [2.75, 3.05) is 6.54 Å². The normalized spacial score (nSPS) is 11.1. The fourth-order valence-electron chi connectivity index (χ4n) is 5.41. The molecule has 0 saturated heterocycles. The maximum absolute atomic E-state index is 13.5. The largest absolute Gasteiger partial charge is 0.352 e. The highest BCUT2D eigenvalue weighted by Crippen LogP contribution is 2.25. The molecule has 0 saturated carbocycles. The van der Waals surface area contributed by atoms with Crippen LogP contribution in [0.4, 0.5) is 0 Å². The fraction of sp³-hybridized carbons (Fsp3) is 0.914. The van der Waals surface area contributed by atoms with E-state index in [1.807, 2.05) is 0 Å². The summed E-state index contributed by atoms with van der Waals surface area (Å²) in [4.78, 5) is 13.5. The van der Waals surface area contributed by atoms with Crippen molar-refractivity contribution in [2.45, 2.75) is 201 Å². The van der Waals surface area contributed by atoms with Gasteiger partial charge in [-0.15, -0.1) is 0 Å². The van der Waals surface area contributed by atoms with E-state index in [9.17, 15) is 4.79 Å². The number of hydrogen-bond acceptors (Lipinski definition) is 1. The van der Waals surface area contributed by atoms with E-state index in [1.54, 1.807) is 0 Å². The quantitative estimate of drug-likeness (QED) is 0.0772. The van der Waals surface area contributed by atoms with Gasteiger partial charge in [0.2, 0.25) is 5.91 Å². The van der Waals surface area contributed by atoms with Crippen molar-refractivity contribution in [3.05, 3.63) is 11.1 Å². The molecule has 0 aromatic carbocycles. The Bertz CT molecular complexity index is 491. The first-order valence-electron chi connectivity index (χ1n) is 17.2. The number of rotatable bonds is 29. The van der Waals surface area contributed by atoms with Crippen molar-refractivity contribution in [3.63, 3.8) is 0 Å². The summed E-state index contributed by atoms with van der Waals surface area (Å²) in [6, 6.07) is 0. The second-order valence-electron chi connectivity index (χ2n) is 11.7. The number of carbonyl (C=O) groups is 1. The molecule has 0 bridgehead atoms. The first-order chi connectivity index (χ1) is 18.2. The lowest BCUT2D eigenvalue weighted by Gasteiger charge is -2.17. The van der Waals surface area contributed by atoms with Gasteiger partial charge in [0.05, 0.1) is 0 Å². The van der Waals surface area contributed by atoms with Crippen LogP contribution in [0.15, 0.2) is 11.1 Å². The van der Waals surface area contributed by atoms with Gasteiger partial charge in [0, 0.05) is 12.1 Å². The molecule has 0 radical (unpaired) electrons. The molecule has 0 aliphatic heterocycles. The molecule has 0 rings (SSSR count). The lowest BCUT2D eigenvalue weighted by molar-refractivity contribution is -0.117. The maximum Gasteiger partial charge on any atom is 0.247 e. The van der Waals surface area contributed by atoms with Crippen molar-refractivity contribution in [3.8, 4) is 0 Å². The molecule has 1 amide bonds. The molecule has 2 heteroatoms. The van der Waals surface area contributed by atoms with Crippen molar-refractivity contribution >= 4 is 5.91 Å². The van der Waals surface area contributed by atoms with Crippen LogP contribution in [0.5, 0.6) is 0 Å². The van der Waals surface area contributed by atoms with Crippen molar-refractivity contribution in [2.24, 2.45) is 0 Å². The average molecular weight is 520 g/mol. The van der Waals surface area contributed by atoms with Crippen molar-refractivity contribution in [1.82, 2.24) is 5.32 Å². The second-order valence-corrected chi connectivity index (χ2v) is 11.7. The van der Waals surface area contributed by atoms with E-state index in [4.69, 9.17) is 0 Å². The monoisotopic (exact) mass is 520 g/mol. The van der Waals surface area contributed by atoms with Crippen LogP contribution in [0.3, 0.4) is 0 Å². The number of carbonyl (C=O) groups excluding carboxylic acids is 1. The molecule has 0 heterocycles. The van der Waals surface area contributed by atoms with Gasteiger partial charge in [-0.05, 0) is 44.9 Å². The Balaban J connectivity index is 5.07. The van der Waals surface area contributed by atoms with Crippen LogP contribution >= 0.6 is 0 Å². The predicted molar refractivity (Wildman–Crippen MR) is 167 cm³/mol. The van der Waals surface area contributed by atoms with Crippen molar-refractivity contribution < 1.29 is 4.79 Å². The van der Waals surface area contributed by atoms with Gasteiger partial charge in [0.25, 0.3) is 0 Å². The van der Waals surface area contributed by atoms with Gasteiger partial charge in [-0.1, -0.05) is 162 Å². The van der Waals surface area contributed by atoms with Crippen LogP contribution in [0, 0.1) is 0 Å². The Morgan fingerprint density at radius 3 is 1.14 bits per heavy atom. The highest BCUT2D eigenvalue weighted by molar-refractivity contribution is 5.94. The molecule has 0 spiro atoms. The molecule has 37 heavy (non-hydrogen) atoms. The first-order valence-corrected chi connectivity index (χ1v) is 17.2. The summed E-state index contributed by atoms with van der Waals surface area (Å²) in [5.74, 6) is 0.272. The topological polar surface area (TPSA) is 29.1 Å². The Labute approximate surface area is 234 Å². The van der Waals surface area contributed by atoms with Gasteiger partial charge in [-0.2, -0.15) is 0 Å². The molecular formula is C35H69NO. The molecule has 0 atom stereocenters. The first kappa shape index (κ1) is 36.2. The smallest absolute Gasteiger partial charge is 0.247 e. The van der Waals surface area contributed by atoms with Gasteiger partial charge >= 0.3 is 0 Å². The summed E-state index contributed by atoms with van der Waals surface area (Å²) in [5.41, 5.74) is 2.70. The molecule has 0 aromatic heterocycles. The third kappa shape index (κ3) is 24.0. The van der Waals surface area contributed by atoms with Crippen LogP contribution in [-0.2, 0) is 4.79 Å². The van der Waals surface area contributed by atoms with E-state index in [0.717, 1.165) is 32.2 Å². The molecule has 220 valence electrons. The average Bonchev–Trinajstić information content (AvgIpc) is 2.90. The van der Waals surface area contributed by atoms with Crippen LogP contribution < -0.4 is 5.32 Å². The molecule has 1 N–H and O–H groups in total. The highest BCUT2D eigenvalue weighted by Gasteiger charge is 2.15. The zero-order valence-electron chi connectivity index (χ0n) is 26.2. The van der Waals surface area contributed by atoms with Gasteiger partial charge in [0.15, 0.2) is 0 Å². The van der Waals surface area contributed by atoms with Crippen LogP contribution in [-0.4, -0.2) is 12.5 Å². The maximum atomic E-state index is 13.5. The minimum absolute atomic E-state index is 0.272. The second kappa shape index (κ2) is 29.8. The Morgan fingerprint density at radius 2 is 0.730 bits per heavy atom. The number of unbranched alkanes of at least 4 members (excludes halogenated alkanes) is 20. The van der Waals surface area contributed by atoms with Crippen LogP contribution in [0.2, 0.25) is 0 Å². The van der Waals surface area contributed by atoms with E-state index in [-0.39, 0.29) is 5.91 Å². The standard InChI is InChI=1S/C35H69NO/c1-5-9-13-17-21-25-29-33(30-26-22-18-14-10-6-2)34(31-27-23-19-15-11-7-3)35(37)36-32-28-24-20-16-12-8-4/h5-32H2,1-4H3,(H,36,37). The van der Waals surface area contributed by atoms with Crippen LogP contribution in [0.25, 0.3) is 0 Å². The highest BCUT2D eigenvalue weighted by atomic mass is 16.1. The summed E-state index contributed by atoms with van der Waals surface area (Å²) in [7, 11) is 0. The third-order valence-electron chi connectivity index (χ3n) is 7.96. The molecule has 0 unspecified atom stereocenters. The number of hydrogen-bond donors (Lipinski definition) is 1. The minimum Gasteiger partial charge on any atom is -0.352 e. The van der Waals surface area contributed by atoms with E-state index in [1.165, 1.54) is 159 Å². The van der Waals surface area contributed by atoms with E-state index < -0.39 is 0 Å². The van der Waals surface area contributed by atoms with E-state index >= 15 is 0 Å². The third-order valence-corrected chi connectivity index (χ3v) is 7.96. The molecule has 0 aromatic rings. The lowest BCUT2D eigenvalue weighted by atomic mass is 9.91. The zero-order chi connectivity index (χ0) is 27.2. The number of nitrogens with one attached hydrogen (secondary N) is 1. The summed E-state index contributed by atoms with van der Waals surface area (Å²) in [5, 5.41) is 3.36. The number of amides is 1. The molecule has 0 fully saturated rings. The Morgan fingerprint density at radius 1 is 0.405 bits per heavy atom. The Hall–Kier alpha value is -0.790. The predicted octanol–water partition coefficient (Wildman–Crippen LogP) is 12.0. The van der Waals surface area contributed by atoms with Gasteiger partial charge < -0.3 is 5.32 Å². The lowest BCUT2D eigenvalue weighted by Crippen LogP contribution is -2.27. The van der Waals surface area contributed by atoms with Crippen LogP contribution in [0.1, 0.15) is 201 Å². The minimum atomic E-state index is 0.272. The molecule has 2 nitrogen and oxygen atoms in total.